The summed E-state index contributed by atoms with van der Waals surface area (Å²) in [5, 5.41) is 15.3. The van der Waals surface area contributed by atoms with Gasteiger partial charge >= 0.3 is 0 Å². The fourth-order valence-corrected chi connectivity index (χ4v) is 2.32. The number of nitrogens with one attached hydrogen (secondary N) is 1. The van der Waals surface area contributed by atoms with Crippen LogP contribution in [0.4, 0.5) is 5.69 Å². The van der Waals surface area contributed by atoms with E-state index in [-0.39, 0.29) is 5.41 Å². The summed E-state index contributed by atoms with van der Waals surface area (Å²) in [6, 6.07) is 6.23. The number of unbranched alkanes of at least 4 members (excludes halogenated alkanes) is 1. The molecule has 20 heavy (non-hydrogen) atoms. The van der Waals surface area contributed by atoms with Crippen LogP contribution in [0.2, 0.25) is 0 Å². The van der Waals surface area contributed by atoms with Crippen molar-refractivity contribution in [1.29, 1.82) is 0 Å². The highest BCUT2D eigenvalue weighted by atomic mass is 79.9. The summed E-state index contributed by atoms with van der Waals surface area (Å²) in [7, 11) is 0. The second-order valence-electron chi connectivity index (χ2n) is 5.71. The van der Waals surface area contributed by atoms with Crippen LogP contribution >= 0.6 is 15.9 Å². The zero-order valence-electron chi connectivity index (χ0n) is 12.4. The maximum Gasteiger partial charge on any atom is 0.144 e. The standard InChI is InChI=1S/C15H24BrN3O/c1-11-6-7-12(16)10-13(11)18-9-5-4-8-15(2,3)14(17)19-20/h6-7,10,18,20H,4-5,8-9H2,1-3H3,(H2,17,19). The molecule has 5 heteroatoms. The molecule has 0 spiro atoms. The molecule has 4 N–H and O–H groups in total. The Morgan fingerprint density at radius 3 is 2.75 bits per heavy atom. The summed E-state index contributed by atoms with van der Waals surface area (Å²) < 4.78 is 1.08. The minimum Gasteiger partial charge on any atom is -0.409 e. The predicted molar refractivity (Wildman–Crippen MR) is 88.4 cm³/mol. The van der Waals surface area contributed by atoms with Crippen LogP contribution in [0.15, 0.2) is 27.8 Å². The van der Waals surface area contributed by atoms with Crippen LogP contribution < -0.4 is 11.1 Å². The fraction of sp³-hybridized carbons (Fsp3) is 0.533. The van der Waals surface area contributed by atoms with Crippen molar-refractivity contribution in [2.45, 2.75) is 40.0 Å². The molecular weight excluding hydrogens is 318 g/mol. The minimum absolute atomic E-state index is 0.250. The van der Waals surface area contributed by atoms with Gasteiger partial charge in [-0.2, -0.15) is 0 Å². The first-order chi connectivity index (χ1) is 9.36. The van der Waals surface area contributed by atoms with Gasteiger partial charge in [-0.05, 0) is 37.5 Å². The van der Waals surface area contributed by atoms with Crippen molar-refractivity contribution in [2.24, 2.45) is 16.3 Å². The first-order valence-electron chi connectivity index (χ1n) is 6.85. The van der Waals surface area contributed by atoms with E-state index >= 15 is 0 Å². The lowest BCUT2D eigenvalue weighted by molar-refractivity contribution is 0.304. The average Bonchev–Trinajstić information content (AvgIpc) is 2.41. The van der Waals surface area contributed by atoms with Crippen LogP contribution in [0.3, 0.4) is 0 Å². The molecule has 0 amide bonds. The Balaban J connectivity index is 2.34. The Hall–Kier alpha value is -1.23. The Kier molecular flexibility index (Phi) is 6.33. The molecule has 0 saturated carbocycles. The minimum atomic E-state index is -0.250. The summed E-state index contributed by atoms with van der Waals surface area (Å²) in [5.74, 6) is 0.299. The lowest BCUT2D eigenvalue weighted by atomic mass is 9.86. The van der Waals surface area contributed by atoms with E-state index in [1.165, 1.54) is 5.56 Å². The van der Waals surface area contributed by atoms with Crippen molar-refractivity contribution in [3.8, 4) is 0 Å². The van der Waals surface area contributed by atoms with E-state index in [0.717, 1.165) is 36.0 Å². The van der Waals surface area contributed by atoms with Gasteiger partial charge in [0.05, 0.1) is 0 Å². The third-order valence-corrected chi connectivity index (χ3v) is 4.04. The number of benzene rings is 1. The molecule has 4 nitrogen and oxygen atoms in total. The number of hydrogen-bond acceptors (Lipinski definition) is 3. The van der Waals surface area contributed by atoms with Gasteiger partial charge < -0.3 is 16.3 Å². The highest BCUT2D eigenvalue weighted by Gasteiger charge is 2.22. The zero-order chi connectivity index (χ0) is 15.2. The van der Waals surface area contributed by atoms with E-state index in [4.69, 9.17) is 10.9 Å². The highest BCUT2D eigenvalue weighted by molar-refractivity contribution is 9.10. The lowest BCUT2D eigenvalue weighted by Gasteiger charge is -2.22. The van der Waals surface area contributed by atoms with Crippen molar-refractivity contribution in [3.63, 3.8) is 0 Å². The average molecular weight is 342 g/mol. The van der Waals surface area contributed by atoms with Crippen molar-refractivity contribution < 1.29 is 5.21 Å². The van der Waals surface area contributed by atoms with Gasteiger partial charge in [-0.15, -0.1) is 0 Å². The van der Waals surface area contributed by atoms with Crippen LogP contribution in [0.1, 0.15) is 38.7 Å². The van der Waals surface area contributed by atoms with Gasteiger partial charge in [-0.1, -0.05) is 47.4 Å². The summed E-state index contributed by atoms with van der Waals surface area (Å²) >= 11 is 3.48. The van der Waals surface area contributed by atoms with Crippen LogP contribution in [-0.2, 0) is 0 Å². The summed E-state index contributed by atoms with van der Waals surface area (Å²) in [6.45, 7) is 7.00. The van der Waals surface area contributed by atoms with Gasteiger partial charge in [0.1, 0.15) is 5.84 Å². The van der Waals surface area contributed by atoms with Crippen molar-refractivity contribution in [1.82, 2.24) is 0 Å². The molecule has 0 saturated heterocycles. The first kappa shape index (κ1) is 16.8. The molecule has 0 aliphatic rings. The monoisotopic (exact) mass is 341 g/mol. The maximum absolute atomic E-state index is 8.72. The maximum atomic E-state index is 8.72. The van der Waals surface area contributed by atoms with Gasteiger partial charge in [0, 0.05) is 22.1 Å². The largest absolute Gasteiger partial charge is 0.409 e. The van der Waals surface area contributed by atoms with Crippen LogP contribution in [0.25, 0.3) is 0 Å². The molecular formula is C15H24BrN3O. The summed E-state index contributed by atoms with van der Waals surface area (Å²) in [6.07, 6.45) is 2.99. The number of aryl methyl sites for hydroxylation is 1. The number of amidine groups is 1. The highest BCUT2D eigenvalue weighted by Crippen LogP contribution is 2.24. The number of nitrogens with zero attached hydrogens (tertiary/aromatic N) is 1. The van der Waals surface area contributed by atoms with Gasteiger partial charge in [0.2, 0.25) is 0 Å². The molecule has 0 radical (unpaired) electrons. The Bertz CT molecular complexity index is 472. The van der Waals surface area contributed by atoms with Crippen molar-refractivity contribution >= 4 is 27.5 Å². The third kappa shape index (κ3) is 5.04. The van der Waals surface area contributed by atoms with Crippen molar-refractivity contribution in [2.75, 3.05) is 11.9 Å². The smallest absolute Gasteiger partial charge is 0.144 e. The number of halogens is 1. The molecule has 0 fully saturated rings. The number of anilines is 1. The Morgan fingerprint density at radius 2 is 2.10 bits per heavy atom. The molecule has 0 aliphatic carbocycles. The molecule has 112 valence electrons. The molecule has 1 rings (SSSR count). The van der Waals surface area contributed by atoms with Gasteiger partial charge in [0.25, 0.3) is 0 Å². The second-order valence-corrected chi connectivity index (χ2v) is 6.63. The predicted octanol–water partition coefficient (Wildman–Crippen LogP) is 4.11. The number of hydrogen-bond donors (Lipinski definition) is 3. The van der Waals surface area contributed by atoms with Gasteiger partial charge in [0.15, 0.2) is 0 Å². The van der Waals surface area contributed by atoms with Crippen LogP contribution in [-0.4, -0.2) is 17.6 Å². The molecule has 0 atom stereocenters. The third-order valence-electron chi connectivity index (χ3n) is 3.54. The normalized spacial score (nSPS) is 12.5. The lowest BCUT2D eigenvalue weighted by Crippen LogP contribution is -2.31. The van der Waals surface area contributed by atoms with E-state index < -0.39 is 0 Å². The topological polar surface area (TPSA) is 70.6 Å². The Morgan fingerprint density at radius 1 is 1.40 bits per heavy atom. The van der Waals surface area contributed by atoms with Gasteiger partial charge in [-0.3, -0.25) is 0 Å². The Labute approximate surface area is 129 Å². The van der Waals surface area contributed by atoms with Crippen LogP contribution in [0, 0.1) is 12.3 Å². The molecule has 1 aromatic carbocycles. The summed E-state index contributed by atoms with van der Waals surface area (Å²) in [5.41, 5.74) is 7.83. The number of nitrogens with two attached hydrogens (primary N) is 1. The molecule has 0 heterocycles. The van der Waals surface area contributed by atoms with Crippen molar-refractivity contribution in [3.05, 3.63) is 28.2 Å². The molecule has 0 bridgehead atoms. The quantitative estimate of drug-likeness (QED) is 0.230. The second kappa shape index (κ2) is 7.53. The van der Waals surface area contributed by atoms with E-state index in [9.17, 15) is 0 Å². The number of rotatable bonds is 7. The van der Waals surface area contributed by atoms with E-state index in [0.29, 0.717) is 5.84 Å². The molecule has 0 unspecified atom stereocenters. The SMILES string of the molecule is Cc1ccc(Br)cc1NCCCCC(C)(C)/C(N)=N/O. The first-order valence-corrected chi connectivity index (χ1v) is 7.64. The number of oxime groups is 1. The van der Waals surface area contributed by atoms with E-state index in [1.807, 2.05) is 19.9 Å². The van der Waals surface area contributed by atoms with E-state index in [1.54, 1.807) is 0 Å². The molecule has 0 aromatic heterocycles. The molecule has 1 aromatic rings. The van der Waals surface area contributed by atoms with Crippen LogP contribution in [0.5, 0.6) is 0 Å². The summed E-state index contributed by atoms with van der Waals surface area (Å²) in [4.78, 5) is 0. The fourth-order valence-electron chi connectivity index (χ4n) is 1.96. The van der Waals surface area contributed by atoms with Gasteiger partial charge in [-0.25, -0.2) is 0 Å². The van der Waals surface area contributed by atoms with E-state index in [2.05, 4.69) is 45.5 Å². The molecule has 0 aliphatic heterocycles. The zero-order valence-corrected chi connectivity index (χ0v) is 14.0.